The Labute approximate surface area is 124 Å². The van der Waals surface area contributed by atoms with E-state index in [-0.39, 0.29) is 0 Å². The van der Waals surface area contributed by atoms with Crippen LogP contribution in [0.15, 0.2) is 27.4 Å². The fraction of sp³-hybridized carbons (Fsp3) is 0.0909. The highest BCUT2D eigenvalue weighted by molar-refractivity contribution is 7.59. The number of hydrogen-bond acceptors (Lipinski definition) is 4. The molecule has 0 aliphatic rings. The molecule has 0 atom stereocenters. The second kappa shape index (κ2) is 5.37. The van der Waals surface area contributed by atoms with Crippen LogP contribution in [0.3, 0.4) is 0 Å². The van der Waals surface area contributed by atoms with Gasteiger partial charge < -0.3 is 24.9 Å². The number of pyridine rings is 1. The average Bonchev–Trinajstić information content (AvgIpc) is 2.85. The van der Waals surface area contributed by atoms with Crippen LogP contribution in [0.25, 0.3) is 11.5 Å². The molecule has 5 N–H and O–H groups in total. The molecule has 0 radical (unpaired) electrons. The largest absolute Gasteiger partial charge is 0.447 e. The molecule has 0 bridgehead atoms. The Morgan fingerprint density at radius 2 is 1.91 bits per heavy atom. The number of H-pyrrole nitrogens is 1. The van der Waals surface area contributed by atoms with Gasteiger partial charge in [0.05, 0.1) is 11.3 Å². The van der Waals surface area contributed by atoms with Gasteiger partial charge in [0.1, 0.15) is 5.56 Å². The van der Waals surface area contributed by atoms with Gasteiger partial charge in [-0.25, -0.2) is 0 Å². The number of nitrogens with two attached hydrogens (primary N) is 1. The van der Waals surface area contributed by atoms with E-state index in [1.54, 1.807) is 0 Å². The number of amides is 1. The maximum atomic E-state index is 13.0. The van der Waals surface area contributed by atoms with Crippen molar-refractivity contribution in [2.45, 2.75) is 6.18 Å². The van der Waals surface area contributed by atoms with Gasteiger partial charge in [-0.1, -0.05) is 0 Å². The quantitative estimate of drug-likeness (QED) is 0.594. The van der Waals surface area contributed by atoms with E-state index >= 15 is 0 Å². The van der Waals surface area contributed by atoms with Crippen LogP contribution in [-0.4, -0.2) is 20.7 Å². The molecule has 2 rings (SSSR count). The number of alkyl halides is 3. The minimum Gasteiger partial charge on any atom is -0.447 e. The summed E-state index contributed by atoms with van der Waals surface area (Å²) in [5.74, 6) is -2.00. The molecule has 2 aromatic heterocycles. The lowest BCUT2D eigenvalue weighted by molar-refractivity contribution is -0.138. The highest BCUT2D eigenvalue weighted by atomic mass is 31.2. The number of carbonyl (C=O) groups excluding carboxylic acids is 1. The monoisotopic (exact) mass is 352 g/mol. The van der Waals surface area contributed by atoms with E-state index < -0.39 is 53.3 Å². The fourth-order valence-electron chi connectivity index (χ4n) is 1.79. The Bertz CT molecular complexity index is 879. The number of primary amides is 1. The predicted octanol–water partition coefficient (Wildman–Crippen LogP) is 0.556. The van der Waals surface area contributed by atoms with Crippen molar-refractivity contribution in [2.75, 3.05) is 0 Å². The van der Waals surface area contributed by atoms with Crippen LogP contribution in [0.2, 0.25) is 0 Å². The Hall–Kier alpha value is -2.36. The number of carbonyl (C=O) groups is 1. The van der Waals surface area contributed by atoms with Crippen LogP contribution in [-0.2, 0) is 10.7 Å². The molecule has 23 heavy (non-hydrogen) atoms. The van der Waals surface area contributed by atoms with Crippen LogP contribution >= 0.6 is 7.60 Å². The summed E-state index contributed by atoms with van der Waals surface area (Å²) in [6, 6.07) is 2.21. The Morgan fingerprint density at radius 3 is 2.35 bits per heavy atom. The number of nitrogens with one attached hydrogen (secondary N) is 1. The van der Waals surface area contributed by atoms with Crippen molar-refractivity contribution in [1.82, 2.24) is 4.98 Å². The van der Waals surface area contributed by atoms with Crippen molar-refractivity contribution in [2.24, 2.45) is 5.73 Å². The van der Waals surface area contributed by atoms with Gasteiger partial charge in [0.15, 0.2) is 5.76 Å². The molecule has 0 fully saturated rings. The third-order valence-electron chi connectivity index (χ3n) is 2.73. The van der Waals surface area contributed by atoms with E-state index in [0.717, 1.165) is 12.1 Å². The summed E-state index contributed by atoms with van der Waals surface area (Å²) in [6.07, 6.45) is -5.05. The van der Waals surface area contributed by atoms with Gasteiger partial charge in [0.25, 0.3) is 11.5 Å². The summed E-state index contributed by atoms with van der Waals surface area (Å²) in [7, 11) is -4.75. The maximum Gasteiger partial charge on any atom is 0.417 e. The number of aromatic nitrogens is 1. The minimum absolute atomic E-state index is 0.393. The topological polar surface area (TPSA) is 147 Å². The summed E-state index contributed by atoms with van der Waals surface area (Å²) >= 11 is 0. The summed E-state index contributed by atoms with van der Waals surface area (Å²) in [5, 5.41) is 0. The molecule has 0 aliphatic heterocycles. The fourth-order valence-corrected chi connectivity index (χ4v) is 2.28. The van der Waals surface area contributed by atoms with Crippen molar-refractivity contribution in [3.05, 3.63) is 39.7 Å². The van der Waals surface area contributed by atoms with Gasteiger partial charge in [-0.15, -0.1) is 0 Å². The first-order valence-electron chi connectivity index (χ1n) is 5.72. The summed E-state index contributed by atoms with van der Waals surface area (Å²) in [6.45, 7) is 0. The lowest BCUT2D eigenvalue weighted by Gasteiger charge is -2.11. The first-order valence-corrected chi connectivity index (χ1v) is 7.33. The van der Waals surface area contributed by atoms with Crippen molar-refractivity contribution in [1.29, 1.82) is 0 Å². The van der Waals surface area contributed by atoms with Gasteiger partial charge in [-0.05, 0) is 18.2 Å². The molecule has 0 spiro atoms. The lowest BCUT2D eigenvalue weighted by Crippen LogP contribution is -2.29. The molecule has 2 aromatic rings. The molecule has 8 nitrogen and oxygen atoms in total. The SMILES string of the molecule is NC(=O)c1c(C(F)(F)F)cc(-c2ccc(P(=O)(O)O)o2)[nH]c1=O. The second-order valence-electron chi connectivity index (χ2n) is 4.34. The predicted molar refractivity (Wildman–Crippen MR) is 70.0 cm³/mol. The molecular weight excluding hydrogens is 344 g/mol. The molecule has 2 heterocycles. The van der Waals surface area contributed by atoms with Crippen molar-refractivity contribution in [3.8, 4) is 11.5 Å². The Balaban J connectivity index is 2.69. The first-order chi connectivity index (χ1) is 10.4. The molecule has 0 unspecified atom stereocenters. The minimum atomic E-state index is -5.05. The van der Waals surface area contributed by atoms with E-state index in [0.29, 0.717) is 6.07 Å². The molecule has 12 heteroatoms. The van der Waals surface area contributed by atoms with Gasteiger partial charge in [0.2, 0.25) is 5.50 Å². The molecular formula is C11H8F3N2O6P. The van der Waals surface area contributed by atoms with Crippen LogP contribution in [0.4, 0.5) is 13.2 Å². The normalized spacial score (nSPS) is 12.4. The van der Waals surface area contributed by atoms with E-state index in [2.05, 4.69) is 0 Å². The number of rotatable bonds is 3. The number of hydrogen-bond donors (Lipinski definition) is 4. The van der Waals surface area contributed by atoms with Crippen LogP contribution < -0.4 is 16.8 Å². The lowest BCUT2D eigenvalue weighted by atomic mass is 10.1. The zero-order valence-electron chi connectivity index (χ0n) is 10.9. The van der Waals surface area contributed by atoms with Crippen molar-refractivity contribution < 1.29 is 36.7 Å². The number of halogens is 3. The third kappa shape index (κ3) is 3.36. The highest BCUT2D eigenvalue weighted by Crippen LogP contribution is 2.36. The zero-order valence-corrected chi connectivity index (χ0v) is 11.8. The zero-order chi connectivity index (χ0) is 17.6. The number of aromatic amines is 1. The van der Waals surface area contributed by atoms with Crippen LogP contribution in [0, 0.1) is 0 Å². The summed E-state index contributed by atoms with van der Waals surface area (Å²) in [4.78, 5) is 42.5. The first kappa shape index (κ1) is 17.0. The highest BCUT2D eigenvalue weighted by Gasteiger charge is 2.37. The Morgan fingerprint density at radius 1 is 1.30 bits per heavy atom. The van der Waals surface area contributed by atoms with E-state index in [4.69, 9.17) is 19.9 Å². The third-order valence-corrected chi connectivity index (χ3v) is 3.54. The smallest absolute Gasteiger partial charge is 0.417 e. The van der Waals surface area contributed by atoms with Gasteiger partial charge in [0, 0.05) is 0 Å². The van der Waals surface area contributed by atoms with Crippen LogP contribution in [0.5, 0.6) is 0 Å². The van der Waals surface area contributed by atoms with Gasteiger partial charge in [-0.3, -0.25) is 14.2 Å². The maximum absolute atomic E-state index is 13.0. The second-order valence-corrected chi connectivity index (χ2v) is 5.87. The van der Waals surface area contributed by atoms with E-state index in [1.807, 2.05) is 4.98 Å². The average molecular weight is 352 g/mol. The van der Waals surface area contributed by atoms with Gasteiger partial charge in [-0.2, -0.15) is 13.2 Å². The molecule has 124 valence electrons. The van der Waals surface area contributed by atoms with E-state index in [1.165, 1.54) is 0 Å². The van der Waals surface area contributed by atoms with Crippen molar-refractivity contribution >= 4 is 19.0 Å². The summed E-state index contributed by atoms with van der Waals surface area (Å²) < 4.78 is 54.6. The van der Waals surface area contributed by atoms with Crippen LogP contribution in [0.1, 0.15) is 15.9 Å². The molecule has 1 amide bonds. The summed E-state index contributed by atoms with van der Waals surface area (Å²) in [5.41, 5.74) is -0.802. The Kier molecular flexibility index (Phi) is 3.97. The molecule has 0 aromatic carbocycles. The van der Waals surface area contributed by atoms with Crippen molar-refractivity contribution in [3.63, 3.8) is 0 Å². The van der Waals surface area contributed by atoms with Gasteiger partial charge >= 0.3 is 13.8 Å². The molecule has 0 saturated carbocycles. The standard InChI is InChI=1S/C11H8F3N2O6P/c12-11(13,14)4-3-5(16-10(18)8(4)9(15)17)6-1-2-7(22-6)23(19,20)21/h1-3H,(H2,15,17)(H,16,18)(H2,19,20,21). The number of furan rings is 1. The molecule has 0 aliphatic carbocycles. The molecule has 0 saturated heterocycles. The van der Waals surface area contributed by atoms with E-state index in [9.17, 15) is 27.3 Å².